The van der Waals surface area contributed by atoms with Crippen molar-refractivity contribution in [1.29, 1.82) is 0 Å². The van der Waals surface area contributed by atoms with Gasteiger partial charge >= 0.3 is 0 Å². The third kappa shape index (κ3) is 2.85. The summed E-state index contributed by atoms with van der Waals surface area (Å²) in [6, 6.07) is 9.65. The Morgan fingerprint density at radius 3 is 2.11 bits per heavy atom. The molecule has 0 aromatic heterocycles. The van der Waals surface area contributed by atoms with Crippen LogP contribution in [0.15, 0.2) is 30.3 Å². The van der Waals surface area contributed by atoms with Gasteiger partial charge in [0.05, 0.1) is 0 Å². The molecule has 2 aromatic rings. The first-order valence-electron chi connectivity index (χ1n) is 6.54. The van der Waals surface area contributed by atoms with E-state index in [9.17, 15) is 4.39 Å². The molecule has 0 fully saturated rings. The van der Waals surface area contributed by atoms with Crippen molar-refractivity contribution in [1.82, 2.24) is 5.32 Å². The first-order chi connectivity index (χ1) is 9.02. The molecule has 0 unspecified atom stereocenters. The zero-order valence-electron chi connectivity index (χ0n) is 12.0. The predicted octanol–water partition coefficient (Wildman–Crippen LogP) is 4.14. The highest BCUT2D eigenvalue weighted by Gasteiger charge is 2.10. The van der Waals surface area contributed by atoms with Crippen molar-refractivity contribution in [3.63, 3.8) is 0 Å². The highest BCUT2D eigenvalue weighted by Crippen LogP contribution is 2.31. The molecule has 1 N–H and O–H groups in total. The quantitative estimate of drug-likeness (QED) is 0.871. The van der Waals surface area contributed by atoms with E-state index >= 15 is 0 Å². The average molecular weight is 257 g/mol. The standard InChI is InChI=1S/C17H20FN/c1-11-7-14(10-19-4)5-6-16(11)17-12(2)8-15(18)9-13(17)3/h5-9,19H,10H2,1-4H3. The Morgan fingerprint density at radius 1 is 0.947 bits per heavy atom. The number of rotatable bonds is 3. The van der Waals surface area contributed by atoms with Crippen molar-refractivity contribution in [2.75, 3.05) is 7.05 Å². The second-order valence-corrected chi connectivity index (χ2v) is 5.09. The summed E-state index contributed by atoms with van der Waals surface area (Å²) in [5, 5.41) is 3.15. The number of halogens is 1. The van der Waals surface area contributed by atoms with Crippen molar-refractivity contribution < 1.29 is 4.39 Å². The van der Waals surface area contributed by atoms with Crippen LogP contribution in [0.2, 0.25) is 0 Å². The molecule has 0 aliphatic rings. The van der Waals surface area contributed by atoms with Gasteiger partial charge in [0.2, 0.25) is 0 Å². The highest BCUT2D eigenvalue weighted by atomic mass is 19.1. The predicted molar refractivity (Wildman–Crippen MR) is 78.8 cm³/mol. The summed E-state index contributed by atoms with van der Waals surface area (Å²) in [5.74, 6) is -0.164. The monoisotopic (exact) mass is 257 g/mol. The lowest BCUT2D eigenvalue weighted by Crippen LogP contribution is -2.05. The molecular formula is C17H20FN. The molecule has 1 nitrogen and oxygen atoms in total. The maximum absolute atomic E-state index is 13.4. The molecule has 0 saturated carbocycles. The molecular weight excluding hydrogens is 237 g/mol. The van der Waals surface area contributed by atoms with E-state index in [2.05, 4.69) is 30.4 Å². The van der Waals surface area contributed by atoms with Gasteiger partial charge in [0.15, 0.2) is 0 Å². The van der Waals surface area contributed by atoms with Crippen LogP contribution in [-0.2, 0) is 6.54 Å². The van der Waals surface area contributed by atoms with E-state index in [0.717, 1.165) is 23.2 Å². The number of hydrogen-bond acceptors (Lipinski definition) is 1. The van der Waals surface area contributed by atoms with Crippen molar-refractivity contribution in [2.24, 2.45) is 0 Å². The topological polar surface area (TPSA) is 12.0 Å². The van der Waals surface area contributed by atoms with Crippen LogP contribution in [0.5, 0.6) is 0 Å². The average Bonchev–Trinajstić information content (AvgIpc) is 2.31. The van der Waals surface area contributed by atoms with Crippen molar-refractivity contribution in [3.8, 4) is 11.1 Å². The van der Waals surface area contributed by atoms with E-state index in [1.807, 2.05) is 20.9 Å². The van der Waals surface area contributed by atoms with E-state index in [-0.39, 0.29) is 5.82 Å². The Bertz CT molecular complexity index is 579. The van der Waals surface area contributed by atoms with Gasteiger partial charge in [-0.15, -0.1) is 0 Å². The summed E-state index contributed by atoms with van der Waals surface area (Å²) in [4.78, 5) is 0. The molecule has 0 radical (unpaired) electrons. The molecule has 0 atom stereocenters. The first-order valence-corrected chi connectivity index (χ1v) is 6.54. The zero-order valence-corrected chi connectivity index (χ0v) is 12.0. The van der Waals surface area contributed by atoms with E-state index in [1.54, 1.807) is 12.1 Å². The molecule has 2 heteroatoms. The smallest absolute Gasteiger partial charge is 0.123 e. The van der Waals surface area contributed by atoms with E-state index in [4.69, 9.17) is 0 Å². The van der Waals surface area contributed by atoms with Gasteiger partial charge in [0, 0.05) is 6.54 Å². The van der Waals surface area contributed by atoms with Gasteiger partial charge in [-0.25, -0.2) is 4.39 Å². The Balaban J connectivity index is 2.53. The lowest BCUT2D eigenvalue weighted by molar-refractivity contribution is 0.625. The molecule has 2 aromatic carbocycles. The van der Waals surface area contributed by atoms with Crippen LogP contribution in [0.3, 0.4) is 0 Å². The lowest BCUT2D eigenvalue weighted by atomic mass is 9.91. The minimum Gasteiger partial charge on any atom is -0.316 e. The van der Waals surface area contributed by atoms with E-state index in [0.29, 0.717) is 0 Å². The number of nitrogens with one attached hydrogen (secondary N) is 1. The maximum atomic E-state index is 13.4. The summed E-state index contributed by atoms with van der Waals surface area (Å²) in [5.41, 5.74) is 6.81. The van der Waals surface area contributed by atoms with Gasteiger partial charge in [-0.2, -0.15) is 0 Å². The van der Waals surface area contributed by atoms with Crippen LogP contribution in [-0.4, -0.2) is 7.05 Å². The molecule has 0 spiro atoms. The molecule has 2 rings (SSSR count). The van der Waals surface area contributed by atoms with E-state index in [1.165, 1.54) is 16.7 Å². The normalized spacial score (nSPS) is 10.8. The van der Waals surface area contributed by atoms with Gasteiger partial charge in [0.25, 0.3) is 0 Å². The molecule has 0 aliphatic heterocycles. The minimum absolute atomic E-state index is 0.164. The van der Waals surface area contributed by atoms with Crippen LogP contribution in [0.1, 0.15) is 22.3 Å². The summed E-state index contributed by atoms with van der Waals surface area (Å²) >= 11 is 0. The minimum atomic E-state index is -0.164. The third-order valence-electron chi connectivity index (χ3n) is 3.44. The highest BCUT2D eigenvalue weighted by molar-refractivity contribution is 5.73. The Hall–Kier alpha value is -1.67. The van der Waals surface area contributed by atoms with Crippen molar-refractivity contribution >= 4 is 0 Å². The Kier molecular flexibility index (Phi) is 4.01. The summed E-state index contributed by atoms with van der Waals surface area (Å²) in [6.45, 7) is 6.90. The van der Waals surface area contributed by atoms with Crippen molar-refractivity contribution in [3.05, 3.63) is 58.4 Å². The fraction of sp³-hybridized carbons (Fsp3) is 0.294. The van der Waals surface area contributed by atoms with Crippen LogP contribution in [0.25, 0.3) is 11.1 Å². The number of aryl methyl sites for hydroxylation is 3. The third-order valence-corrected chi connectivity index (χ3v) is 3.44. The Morgan fingerprint density at radius 2 is 1.58 bits per heavy atom. The number of benzene rings is 2. The molecule has 19 heavy (non-hydrogen) atoms. The zero-order chi connectivity index (χ0) is 14.0. The lowest BCUT2D eigenvalue weighted by Gasteiger charge is -2.14. The summed E-state index contributed by atoms with van der Waals surface area (Å²) < 4.78 is 13.4. The summed E-state index contributed by atoms with van der Waals surface area (Å²) in [6.07, 6.45) is 0. The fourth-order valence-electron chi connectivity index (χ4n) is 2.66. The largest absolute Gasteiger partial charge is 0.316 e. The second kappa shape index (κ2) is 5.54. The molecule has 100 valence electrons. The van der Waals surface area contributed by atoms with Crippen LogP contribution in [0.4, 0.5) is 4.39 Å². The van der Waals surface area contributed by atoms with Gasteiger partial charge in [-0.1, -0.05) is 18.2 Å². The number of hydrogen-bond donors (Lipinski definition) is 1. The second-order valence-electron chi connectivity index (χ2n) is 5.09. The van der Waals surface area contributed by atoms with Crippen LogP contribution < -0.4 is 5.32 Å². The first kappa shape index (κ1) is 13.8. The van der Waals surface area contributed by atoms with Gasteiger partial charge in [0.1, 0.15) is 5.82 Å². The Labute approximate surface area is 114 Å². The molecule has 0 aliphatic carbocycles. The van der Waals surface area contributed by atoms with Crippen molar-refractivity contribution in [2.45, 2.75) is 27.3 Å². The molecule has 0 saturated heterocycles. The maximum Gasteiger partial charge on any atom is 0.123 e. The SMILES string of the molecule is CNCc1ccc(-c2c(C)cc(F)cc2C)c(C)c1. The summed E-state index contributed by atoms with van der Waals surface area (Å²) in [7, 11) is 1.94. The molecule has 0 bridgehead atoms. The fourth-order valence-corrected chi connectivity index (χ4v) is 2.66. The van der Waals surface area contributed by atoms with Crippen LogP contribution in [0, 0.1) is 26.6 Å². The van der Waals surface area contributed by atoms with Gasteiger partial charge in [-0.3, -0.25) is 0 Å². The van der Waals surface area contributed by atoms with Crippen LogP contribution >= 0.6 is 0 Å². The van der Waals surface area contributed by atoms with Gasteiger partial charge in [-0.05, 0) is 73.3 Å². The van der Waals surface area contributed by atoms with Gasteiger partial charge < -0.3 is 5.32 Å². The molecule has 0 heterocycles. The van der Waals surface area contributed by atoms with E-state index < -0.39 is 0 Å². The molecule has 0 amide bonds.